The zero-order chi connectivity index (χ0) is 18.4. The molecule has 2 amide bonds. The van der Waals surface area contributed by atoms with Crippen molar-refractivity contribution in [3.8, 4) is 0 Å². The Morgan fingerprint density at radius 2 is 1.80 bits per heavy atom. The van der Waals surface area contributed by atoms with Crippen LogP contribution in [0.5, 0.6) is 0 Å². The average molecular weight is 359 g/mol. The van der Waals surface area contributed by atoms with E-state index in [4.69, 9.17) is 0 Å². The standard InChI is InChI=1S/C16H20F3N3O3/c1-25-15(24)22-10-8-21(9-11-22)7-6-20-14(23)12-4-2-3-5-13(12)16(17,18)19/h2-5H,6-11H2,1H3,(H,20,23). The van der Waals surface area contributed by atoms with Crippen molar-refractivity contribution < 1.29 is 27.5 Å². The predicted molar refractivity (Wildman–Crippen MR) is 84.2 cm³/mol. The van der Waals surface area contributed by atoms with E-state index in [1.165, 1.54) is 19.2 Å². The van der Waals surface area contributed by atoms with Gasteiger partial charge >= 0.3 is 12.3 Å². The van der Waals surface area contributed by atoms with E-state index in [0.717, 1.165) is 12.1 Å². The van der Waals surface area contributed by atoms with E-state index in [9.17, 15) is 22.8 Å². The van der Waals surface area contributed by atoms with Crippen LogP contribution in [0.15, 0.2) is 24.3 Å². The average Bonchev–Trinajstić information content (AvgIpc) is 2.60. The molecule has 1 heterocycles. The zero-order valence-corrected chi connectivity index (χ0v) is 13.8. The lowest BCUT2D eigenvalue weighted by molar-refractivity contribution is -0.137. The first-order valence-electron chi connectivity index (χ1n) is 7.82. The van der Waals surface area contributed by atoms with Crippen molar-refractivity contribution in [3.05, 3.63) is 35.4 Å². The number of rotatable bonds is 4. The maximum absolute atomic E-state index is 12.9. The quantitative estimate of drug-likeness (QED) is 0.891. The van der Waals surface area contributed by atoms with Gasteiger partial charge in [-0.2, -0.15) is 13.2 Å². The largest absolute Gasteiger partial charge is 0.453 e. The van der Waals surface area contributed by atoms with Gasteiger partial charge in [-0.1, -0.05) is 12.1 Å². The summed E-state index contributed by atoms with van der Waals surface area (Å²) in [5.74, 6) is -0.749. The second-order valence-electron chi connectivity index (χ2n) is 5.60. The molecule has 9 heteroatoms. The van der Waals surface area contributed by atoms with E-state index < -0.39 is 17.6 Å². The lowest BCUT2D eigenvalue weighted by Crippen LogP contribution is -2.50. The molecule has 138 valence electrons. The molecule has 1 aromatic rings. The molecule has 1 fully saturated rings. The van der Waals surface area contributed by atoms with Crippen LogP contribution < -0.4 is 5.32 Å². The van der Waals surface area contributed by atoms with Gasteiger partial charge in [-0.15, -0.1) is 0 Å². The molecule has 1 saturated heterocycles. The molecule has 0 saturated carbocycles. The molecule has 0 aromatic heterocycles. The van der Waals surface area contributed by atoms with Gasteiger partial charge in [-0.05, 0) is 12.1 Å². The van der Waals surface area contributed by atoms with Gasteiger partial charge in [0.25, 0.3) is 5.91 Å². The zero-order valence-electron chi connectivity index (χ0n) is 13.8. The number of amides is 2. The number of halogens is 3. The van der Waals surface area contributed by atoms with Crippen LogP contribution in [0.1, 0.15) is 15.9 Å². The van der Waals surface area contributed by atoms with Crippen molar-refractivity contribution in [3.63, 3.8) is 0 Å². The molecular formula is C16H20F3N3O3. The number of benzene rings is 1. The van der Waals surface area contributed by atoms with E-state index in [1.54, 1.807) is 4.90 Å². The first kappa shape index (κ1) is 19.0. The molecule has 1 aliphatic rings. The highest BCUT2D eigenvalue weighted by atomic mass is 19.4. The Hall–Kier alpha value is -2.29. The van der Waals surface area contributed by atoms with Crippen LogP contribution in [0, 0.1) is 0 Å². The van der Waals surface area contributed by atoms with Gasteiger partial charge < -0.3 is 15.0 Å². The fourth-order valence-corrected chi connectivity index (χ4v) is 2.63. The Bertz CT molecular complexity index is 614. The van der Waals surface area contributed by atoms with Crippen molar-refractivity contribution in [1.82, 2.24) is 15.1 Å². The Kier molecular flexibility index (Phi) is 6.24. The smallest absolute Gasteiger partial charge is 0.417 e. The first-order chi connectivity index (χ1) is 11.8. The summed E-state index contributed by atoms with van der Waals surface area (Å²) >= 11 is 0. The number of ether oxygens (including phenoxy) is 1. The van der Waals surface area contributed by atoms with Crippen molar-refractivity contribution in [2.45, 2.75) is 6.18 Å². The van der Waals surface area contributed by atoms with E-state index in [1.807, 2.05) is 4.90 Å². The summed E-state index contributed by atoms with van der Waals surface area (Å²) in [5.41, 5.74) is -1.33. The van der Waals surface area contributed by atoms with Gasteiger partial charge in [-0.3, -0.25) is 9.69 Å². The number of carbonyl (C=O) groups is 2. The van der Waals surface area contributed by atoms with Gasteiger partial charge in [0.05, 0.1) is 18.2 Å². The monoisotopic (exact) mass is 359 g/mol. The Labute approximate surface area is 143 Å². The molecule has 0 radical (unpaired) electrons. The Morgan fingerprint density at radius 1 is 1.16 bits per heavy atom. The normalized spacial score (nSPS) is 15.8. The molecule has 0 bridgehead atoms. The second-order valence-corrected chi connectivity index (χ2v) is 5.60. The van der Waals surface area contributed by atoms with Gasteiger partial charge in [0.1, 0.15) is 0 Å². The van der Waals surface area contributed by atoms with Crippen LogP contribution >= 0.6 is 0 Å². The number of piperazine rings is 1. The summed E-state index contributed by atoms with van der Waals surface area (Å²) < 4.78 is 43.4. The third-order valence-corrected chi connectivity index (χ3v) is 4.00. The number of alkyl halides is 3. The summed E-state index contributed by atoms with van der Waals surface area (Å²) in [5, 5.41) is 2.52. The van der Waals surface area contributed by atoms with Crippen LogP contribution in [0.4, 0.5) is 18.0 Å². The van der Waals surface area contributed by atoms with E-state index in [-0.39, 0.29) is 18.2 Å². The molecule has 1 aromatic carbocycles. The predicted octanol–water partition coefficient (Wildman–Crippen LogP) is 1.82. The summed E-state index contributed by atoms with van der Waals surface area (Å²) in [6, 6.07) is 4.70. The topological polar surface area (TPSA) is 61.9 Å². The van der Waals surface area contributed by atoms with Crippen LogP contribution in [0.3, 0.4) is 0 Å². The summed E-state index contributed by atoms with van der Waals surface area (Å²) in [4.78, 5) is 27.0. The van der Waals surface area contributed by atoms with Crippen LogP contribution in [-0.2, 0) is 10.9 Å². The van der Waals surface area contributed by atoms with E-state index in [0.29, 0.717) is 32.7 Å². The van der Waals surface area contributed by atoms with Crippen molar-refractivity contribution in [2.24, 2.45) is 0 Å². The molecule has 1 aliphatic heterocycles. The molecule has 0 spiro atoms. The fourth-order valence-electron chi connectivity index (χ4n) is 2.63. The minimum absolute atomic E-state index is 0.225. The third kappa shape index (κ3) is 5.09. The highest BCUT2D eigenvalue weighted by molar-refractivity contribution is 5.95. The number of carbonyl (C=O) groups excluding carboxylic acids is 2. The first-order valence-corrected chi connectivity index (χ1v) is 7.82. The molecule has 0 atom stereocenters. The maximum atomic E-state index is 12.9. The maximum Gasteiger partial charge on any atom is 0.417 e. The highest BCUT2D eigenvalue weighted by Crippen LogP contribution is 2.31. The lowest BCUT2D eigenvalue weighted by atomic mass is 10.1. The van der Waals surface area contributed by atoms with Gasteiger partial charge in [0.2, 0.25) is 0 Å². The number of hydrogen-bond acceptors (Lipinski definition) is 4. The molecule has 0 unspecified atom stereocenters. The fraction of sp³-hybridized carbons (Fsp3) is 0.500. The second kappa shape index (κ2) is 8.19. The number of nitrogens with one attached hydrogen (secondary N) is 1. The summed E-state index contributed by atoms with van der Waals surface area (Å²) in [6.07, 6.45) is -4.95. The van der Waals surface area contributed by atoms with Gasteiger partial charge in [-0.25, -0.2) is 4.79 Å². The Balaban J connectivity index is 1.82. The summed E-state index contributed by atoms with van der Waals surface area (Å²) in [6.45, 7) is 2.97. The molecular weight excluding hydrogens is 339 g/mol. The third-order valence-electron chi connectivity index (χ3n) is 4.00. The van der Waals surface area contributed by atoms with Crippen molar-refractivity contribution in [2.75, 3.05) is 46.4 Å². The van der Waals surface area contributed by atoms with Gasteiger partial charge in [0, 0.05) is 39.3 Å². The number of nitrogens with zero attached hydrogens (tertiary/aromatic N) is 2. The Morgan fingerprint density at radius 3 is 2.40 bits per heavy atom. The van der Waals surface area contributed by atoms with Crippen molar-refractivity contribution >= 4 is 12.0 Å². The molecule has 25 heavy (non-hydrogen) atoms. The molecule has 1 N–H and O–H groups in total. The minimum atomic E-state index is -4.57. The molecule has 2 rings (SSSR count). The molecule has 0 aliphatic carbocycles. The van der Waals surface area contributed by atoms with Crippen molar-refractivity contribution in [1.29, 1.82) is 0 Å². The van der Waals surface area contributed by atoms with Crippen LogP contribution in [-0.4, -0.2) is 68.2 Å². The number of methoxy groups -OCH3 is 1. The van der Waals surface area contributed by atoms with Crippen LogP contribution in [0.2, 0.25) is 0 Å². The minimum Gasteiger partial charge on any atom is -0.453 e. The van der Waals surface area contributed by atoms with E-state index >= 15 is 0 Å². The number of hydrogen-bond donors (Lipinski definition) is 1. The molecule has 6 nitrogen and oxygen atoms in total. The highest BCUT2D eigenvalue weighted by Gasteiger charge is 2.34. The summed E-state index contributed by atoms with van der Waals surface area (Å²) in [7, 11) is 1.32. The SMILES string of the molecule is COC(=O)N1CCN(CCNC(=O)c2ccccc2C(F)(F)F)CC1. The van der Waals surface area contributed by atoms with Crippen LogP contribution in [0.25, 0.3) is 0 Å². The lowest BCUT2D eigenvalue weighted by Gasteiger charge is -2.33. The van der Waals surface area contributed by atoms with Gasteiger partial charge in [0.15, 0.2) is 0 Å². The van der Waals surface area contributed by atoms with E-state index in [2.05, 4.69) is 10.1 Å².